The molecule has 0 aliphatic rings. The molecule has 0 aliphatic heterocycles. The average Bonchev–Trinajstić information content (AvgIpc) is 2.24. The van der Waals surface area contributed by atoms with Crippen molar-refractivity contribution in [1.82, 2.24) is 0 Å². The fourth-order valence-corrected chi connectivity index (χ4v) is 1.64. The molecule has 0 aromatic heterocycles. The zero-order valence-corrected chi connectivity index (χ0v) is 10.5. The molecule has 3 N–H and O–H groups in total. The molecule has 1 rings (SSSR count). The van der Waals surface area contributed by atoms with Gasteiger partial charge >= 0.3 is 0 Å². The molecule has 0 aliphatic carbocycles. The summed E-state index contributed by atoms with van der Waals surface area (Å²) in [5.41, 5.74) is 5.88. The Bertz CT molecular complexity index is 416. The van der Waals surface area contributed by atoms with Crippen molar-refractivity contribution in [1.29, 1.82) is 0 Å². The van der Waals surface area contributed by atoms with Gasteiger partial charge in [0.05, 0.1) is 5.54 Å². The van der Waals surface area contributed by atoms with Crippen LogP contribution in [0.5, 0.6) is 0 Å². The molecule has 1 aromatic rings. The highest BCUT2D eigenvalue weighted by atomic mass is 19.1. The summed E-state index contributed by atoms with van der Waals surface area (Å²) in [4.78, 5) is 11.9. The summed E-state index contributed by atoms with van der Waals surface area (Å²) >= 11 is 0. The third-order valence-electron chi connectivity index (χ3n) is 2.80. The number of benzene rings is 1. The van der Waals surface area contributed by atoms with E-state index >= 15 is 0 Å². The van der Waals surface area contributed by atoms with Gasteiger partial charge in [-0.1, -0.05) is 19.4 Å². The van der Waals surface area contributed by atoms with Crippen LogP contribution in [0.2, 0.25) is 0 Å². The topological polar surface area (TPSA) is 55.1 Å². The monoisotopic (exact) mass is 238 g/mol. The number of anilines is 1. The number of nitrogens with two attached hydrogens (primary N) is 1. The molecule has 4 heteroatoms. The van der Waals surface area contributed by atoms with Gasteiger partial charge < -0.3 is 11.1 Å². The van der Waals surface area contributed by atoms with E-state index in [1.165, 1.54) is 6.07 Å². The number of nitrogens with one attached hydrogen (secondary N) is 1. The Labute approximate surface area is 101 Å². The van der Waals surface area contributed by atoms with Crippen LogP contribution in [0, 0.1) is 12.7 Å². The summed E-state index contributed by atoms with van der Waals surface area (Å²) in [6.07, 6.45) is 1.41. The van der Waals surface area contributed by atoms with Gasteiger partial charge in [0, 0.05) is 11.3 Å². The summed E-state index contributed by atoms with van der Waals surface area (Å²) in [5, 5.41) is 2.67. The lowest BCUT2D eigenvalue weighted by Gasteiger charge is -2.23. The molecular weight excluding hydrogens is 219 g/mol. The molecule has 1 aromatic carbocycles. The molecule has 94 valence electrons. The van der Waals surface area contributed by atoms with Crippen molar-refractivity contribution in [3.8, 4) is 0 Å². The van der Waals surface area contributed by atoms with Gasteiger partial charge in [-0.3, -0.25) is 4.79 Å². The van der Waals surface area contributed by atoms with E-state index in [0.29, 0.717) is 17.7 Å². The Hall–Kier alpha value is -1.42. The Morgan fingerprint density at radius 2 is 2.18 bits per heavy atom. The van der Waals surface area contributed by atoms with Crippen LogP contribution in [0.15, 0.2) is 18.2 Å². The van der Waals surface area contributed by atoms with Crippen molar-refractivity contribution in [2.45, 2.75) is 39.2 Å². The van der Waals surface area contributed by atoms with Crippen LogP contribution in [0.3, 0.4) is 0 Å². The molecular formula is C13H19FN2O. The molecule has 0 heterocycles. The van der Waals surface area contributed by atoms with Gasteiger partial charge in [-0.05, 0) is 32.4 Å². The Kier molecular flexibility index (Phi) is 4.23. The van der Waals surface area contributed by atoms with Crippen LogP contribution in [0.1, 0.15) is 32.3 Å². The van der Waals surface area contributed by atoms with E-state index in [1.807, 2.05) is 6.92 Å². The van der Waals surface area contributed by atoms with E-state index in [2.05, 4.69) is 5.32 Å². The lowest BCUT2D eigenvalue weighted by Crippen LogP contribution is -2.48. The molecule has 1 amide bonds. The van der Waals surface area contributed by atoms with E-state index < -0.39 is 5.54 Å². The minimum absolute atomic E-state index is 0.284. The second kappa shape index (κ2) is 5.27. The number of halogens is 1. The van der Waals surface area contributed by atoms with Crippen molar-refractivity contribution in [3.05, 3.63) is 29.6 Å². The highest BCUT2D eigenvalue weighted by Gasteiger charge is 2.27. The Morgan fingerprint density at radius 3 is 2.76 bits per heavy atom. The lowest BCUT2D eigenvalue weighted by atomic mass is 9.96. The van der Waals surface area contributed by atoms with Gasteiger partial charge in [0.2, 0.25) is 5.91 Å². The highest BCUT2D eigenvalue weighted by molar-refractivity contribution is 5.98. The molecule has 0 spiro atoms. The maximum absolute atomic E-state index is 13.3. The zero-order chi connectivity index (χ0) is 13.1. The van der Waals surface area contributed by atoms with Gasteiger partial charge in [0.15, 0.2) is 0 Å². The predicted molar refractivity (Wildman–Crippen MR) is 67.3 cm³/mol. The second-order valence-corrected chi connectivity index (χ2v) is 4.53. The molecule has 0 saturated heterocycles. The lowest BCUT2D eigenvalue weighted by molar-refractivity contribution is -0.120. The largest absolute Gasteiger partial charge is 0.324 e. The van der Waals surface area contributed by atoms with Crippen molar-refractivity contribution in [2.24, 2.45) is 5.73 Å². The van der Waals surface area contributed by atoms with Crippen molar-refractivity contribution in [2.75, 3.05) is 5.32 Å². The molecule has 0 fully saturated rings. The van der Waals surface area contributed by atoms with Crippen molar-refractivity contribution >= 4 is 11.6 Å². The second-order valence-electron chi connectivity index (χ2n) is 4.53. The third-order valence-corrected chi connectivity index (χ3v) is 2.80. The fourth-order valence-electron chi connectivity index (χ4n) is 1.64. The summed E-state index contributed by atoms with van der Waals surface area (Å²) in [5.74, 6) is -0.620. The molecule has 1 unspecified atom stereocenters. The number of carbonyl (C=O) groups is 1. The predicted octanol–water partition coefficient (Wildman–Crippen LogP) is 2.59. The van der Waals surface area contributed by atoms with Crippen LogP contribution in [0.25, 0.3) is 0 Å². The maximum Gasteiger partial charge on any atom is 0.244 e. The third kappa shape index (κ3) is 3.27. The van der Waals surface area contributed by atoms with E-state index in [-0.39, 0.29) is 11.7 Å². The smallest absolute Gasteiger partial charge is 0.244 e. The van der Waals surface area contributed by atoms with Crippen LogP contribution < -0.4 is 11.1 Å². The quantitative estimate of drug-likeness (QED) is 0.847. The normalized spacial score (nSPS) is 14.2. The standard InChI is InChI=1S/C13H19FN2O/c1-4-8-13(3,15)12(17)16-11-7-5-6-10(14)9(11)2/h5-7H,4,8,15H2,1-3H3,(H,16,17). The fraction of sp³-hybridized carbons (Fsp3) is 0.462. The van der Waals surface area contributed by atoms with Crippen molar-refractivity contribution < 1.29 is 9.18 Å². The summed E-state index contributed by atoms with van der Waals surface area (Å²) in [6.45, 7) is 5.27. The van der Waals surface area contributed by atoms with Crippen LogP contribution in [-0.2, 0) is 4.79 Å². The Balaban J connectivity index is 2.85. The SMILES string of the molecule is CCCC(C)(N)C(=O)Nc1cccc(F)c1C. The molecule has 0 bridgehead atoms. The van der Waals surface area contributed by atoms with E-state index in [9.17, 15) is 9.18 Å². The van der Waals surface area contributed by atoms with Crippen molar-refractivity contribution in [3.63, 3.8) is 0 Å². The number of hydrogen-bond donors (Lipinski definition) is 2. The minimum atomic E-state index is -0.923. The van der Waals surface area contributed by atoms with Gasteiger partial charge in [-0.2, -0.15) is 0 Å². The summed E-state index contributed by atoms with van der Waals surface area (Å²) < 4.78 is 13.3. The van der Waals surface area contributed by atoms with Gasteiger partial charge in [0.1, 0.15) is 5.82 Å². The average molecular weight is 238 g/mol. The summed E-state index contributed by atoms with van der Waals surface area (Å²) in [6, 6.07) is 4.59. The van der Waals surface area contributed by atoms with Crippen LogP contribution >= 0.6 is 0 Å². The number of hydrogen-bond acceptors (Lipinski definition) is 2. The van der Waals surface area contributed by atoms with E-state index in [1.54, 1.807) is 26.0 Å². The zero-order valence-electron chi connectivity index (χ0n) is 10.5. The Morgan fingerprint density at radius 1 is 1.53 bits per heavy atom. The number of carbonyl (C=O) groups excluding carboxylic acids is 1. The van der Waals surface area contributed by atoms with Crippen LogP contribution in [0.4, 0.5) is 10.1 Å². The first-order valence-electron chi connectivity index (χ1n) is 5.74. The first-order chi connectivity index (χ1) is 7.88. The molecule has 0 saturated carbocycles. The van der Waals surface area contributed by atoms with Gasteiger partial charge in [-0.25, -0.2) is 4.39 Å². The highest BCUT2D eigenvalue weighted by Crippen LogP contribution is 2.19. The molecule has 17 heavy (non-hydrogen) atoms. The number of rotatable bonds is 4. The van der Waals surface area contributed by atoms with Crippen LogP contribution in [-0.4, -0.2) is 11.4 Å². The summed E-state index contributed by atoms with van der Waals surface area (Å²) in [7, 11) is 0. The number of amides is 1. The van der Waals surface area contributed by atoms with E-state index in [0.717, 1.165) is 6.42 Å². The van der Waals surface area contributed by atoms with E-state index in [4.69, 9.17) is 5.73 Å². The molecule has 3 nitrogen and oxygen atoms in total. The first-order valence-corrected chi connectivity index (χ1v) is 5.74. The molecule has 0 radical (unpaired) electrons. The van der Waals surface area contributed by atoms with Gasteiger partial charge in [0.25, 0.3) is 0 Å². The van der Waals surface area contributed by atoms with Gasteiger partial charge in [-0.15, -0.1) is 0 Å². The first kappa shape index (κ1) is 13.6. The minimum Gasteiger partial charge on any atom is -0.324 e. The maximum atomic E-state index is 13.3. The molecule has 1 atom stereocenters.